The smallest absolute Gasteiger partial charge is 0.0546 e. The second-order valence-corrected chi connectivity index (χ2v) is 4.56. The van der Waals surface area contributed by atoms with E-state index in [9.17, 15) is 0 Å². The van der Waals surface area contributed by atoms with E-state index in [2.05, 4.69) is 29.3 Å². The second kappa shape index (κ2) is 10.3. The van der Waals surface area contributed by atoms with E-state index >= 15 is 0 Å². The van der Waals surface area contributed by atoms with E-state index in [-0.39, 0.29) is 6.10 Å². The van der Waals surface area contributed by atoms with Crippen molar-refractivity contribution in [2.24, 2.45) is 0 Å². The minimum Gasteiger partial charge on any atom is -0.393 e. The van der Waals surface area contributed by atoms with Crippen LogP contribution in [0.4, 0.5) is 0 Å². The molecule has 2 heteroatoms. The molecule has 0 radical (unpaired) electrons. The van der Waals surface area contributed by atoms with Crippen molar-refractivity contribution in [1.82, 2.24) is 4.98 Å². The molecule has 0 aliphatic rings. The van der Waals surface area contributed by atoms with Crippen molar-refractivity contribution >= 4 is 6.08 Å². The highest BCUT2D eigenvalue weighted by Crippen LogP contribution is 2.03. The topological polar surface area (TPSA) is 33.1 Å². The Balaban J connectivity index is 2.07. The summed E-state index contributed by atoms with van der Waals surface area (Å²) in [6.45, 7) is 1.79. The molecule has 0 saturated heterocycles. The van der Waals surface area contributed by atoms with E-state index in [0.29, 0.717) is 0 Å². The van der Waals surface area contributed by atoms with Gasteiger partial charge >= 0.3 is 0 Å². The number of pyridine rings is 1. The normalized spacial score (nSPS) is 13.8. The molecule has 1 aromatic rings. The Morgan fingerprint density at radius 2 is 2.00 bits per heavy atom. The van der Waals surface area contributed by atoms with Crippen LogP contribution in [-0.4, -0.2) is 16.2 Å². The SMILES string of the molecule is C[C@H](O)C/C=C/C=C/CCC/C=C/c1cccnc1. The molecule has 0 fully saturated rings. The third kappa shape index (κ3) is 8.97. The van der Waals surface area contributed by atoms with E-state index in [0.717, 1.165) is 31.2 Å². The molecule has 0 aromatic carbocycles. The van der Waals surface area contributed by atoms with Gasteiger partial charge in [0.15, 0.2) is 0 Å². The number of hydrogen-bond donors (Lipinski definition) is 1. The van der Waals surface area contributed by atoms with Crippen LogP contribution in [0.2, 0.25) is 0 Å². The van der Waals surface area contributed by atoms with Crippen LogP contribution < -0.4 is 0 Å². The highest BCUT2D eigenvalue weighted by atomic mass is 16.3. The molecule has 1 rings (SSSR count). The minimum atomic E-state index is -0.248. The standard InChI is InChI=1S/C17H23NO/c1-16(19)11-8-6-4-2-3-5-7-9-12-17-13-10-14-18-15-17/h2,4,6,8-10,12-16,19H,3,5,7,11H2,1H3/b4-2+,8-6+,12-9+/t16-/m0/s1. The number of aliphatic hydroxyl groups excluding tert-OH is 1. The number of aromatic nitrogens is 1. The fraction of sp³-hybridized carbons (Fsp3) is 0.353. The van der Waals surface area contributed by atoms with Gasteiger partial charge in [-0.15, -0.1) is 0 Å². The van der Waals surface area contributed by atoms with Gasteiger partial charge in [-0.3, -0.25) is 4.98 Å². The highest BCUT2D eigenvalue weighted by Gasteiger charge is 1.87. The van der Waals surface area contributed by atoms with Crippen LogP contribution in [-0.2, 0) is 0 Å². The van der Waals surface area contributed by atoms with Crippen LogP contribution in [0.25, 0.3) is 6.08 Å². The predicted octanol–water partition coefficient (Wildman–Crippen LogP) is 4.15. The summed E-state index contributed by atoms with van der Waals surface area (Å²) in [5.74, 6) is 0. The summed E-state index contributed by atoms with van der Waals surface area (Å²) < 4.78 is 0. The van der Waals surface area contributed by atoms with Crippen molar-refractivity contribution in [3.05, 3.63) is 60.5 Å². The summed E-state index contributed by atoms with van der Waals surface area (Å²) in [5, 5.41) is 9.06. The number of hydrogen-bond acceptors (Lipinski definition) is 2. The Bertz CT molecular complexity index is 405. The van der Waals surface area contributed by atoms with Crippen molar-refractivity contribution < 1.29 is 5.11 Å². The van der Waals surface area contributed by atoms with Crippen LogP contribution in [0.1, 0.15) is 38.2 Å². The third-order valence-corrected chi connectivity index (χ3v) is 2.60. The van der Waals surface area contributed by atoms with Crippen LogP contribution in [0, 0.1) is 0 Å². The summed E-state index contributed by atoms with van der Waals surface area (Å²) in [7, 11) is 0. The Morgan fingerprint density at radius 3 is 2.74 bits per heavy atom. The van der Waals surface area contributed by atoms with E-state index < -0.39 is 0 Å². The third-order valence-electron chi connectivity index (χ3n) is 2.60. The largest absolute Gasteiger partial charge is 0.393 e. The maximum absolute atomic E-state index is 9.06. The van der Waals surface area contributed by atoms with Gasteiger partial charge in [-0.2, -0.15) is 0 Å². The molecule has 0 spiro atoms. The lowest BCUT2D eigenvalue weighted by Crippen LogP contribution is -1.94. The van der Waals surface area contributed by atoms with Gasteiger partial charge in [0, 0.05) is 12.4 Å². The van der Waals surface area contributed by atoms with E-state index in [1.165, 1.54) is 0 Å². The molecule has 0 unspecified atom stereocenters. The maximum atomic E-state index is 9.06. The van der Waals surface area contributed by atoms with Crippen molar-refractivity contribution in [2.45, 2.75) is 38.7 Å². The van der Waals surface area contributed by atoms with Crippen LogP contribution >= 0.6 is 0 Å². The first-order valence-corrected chi connectivity index (χ1v) is 6.85. The number of allylic oxidation sites excluding steroid dienone is 4. The zero-order chi connectivity index (χ0) is 13.8. The lowest BCUT2D eigenvalue weighted by atomic mass is 10.2. The quantitative estimate of drug-likeness (QED) is 0.560. The summed E-state index contributed by atoms with van der Waals surface area (Å²) in [5.41, 5.74) is 1.15. The zero-order valence-electron chi connectivity index (χ0n) is 11.6. The van der Waals surface area contributed by atoms with Crippen LogP contribution in [0.3, 0.4) is 0 Å². The second-order valence-electron chi connectivity index (χ2n) is 4.56. The van der Waals surface area contributed by atoms with E-state index in [1.54, 1.807) is 13.1 Å². The summed E-state index contributed by atoms with van der Waals surface area (Å²) in [4.78, 5) is 4.07. The fourth-order valence-corrected chi connectivity index (χ4v) is 1.58. The van der Waals surface area contributed by atoms with Crippen LogP contribution in [0.15, 0.2) is 54.9 Å². The summed E-state index contributed by atoms with van der Waals surface area (Å²) in [6.07, 6.45) is 19.9. The monoisotopic (exact) mass is 257 g/mol. The Kier molecular flexibility index (Phi) is 8.32. The van der Waals surface area contributed by atoms with Gasteiger partial charge < -0.3 is 5.11 Å². The number of nitrogens with zero attached hydrogens (tertiary/aromatic N) is 1. The Hall–Kier alpha value is -1.67. The predicted molar refractivity (Wildman–Crippen MR) is 81.7 cm³/mol. The average molecular weight is 257 g/mol. The summed E-state index contributed by atoms with van der Waals surface area (Å²) in [6, 6.07) is 4.00. The number of aliphatic hydroxyl groups is 1. The zero-order valence-corrected chi connectivity index (χ0v) is 11.6. The van der Waals surface area contributed by atoms with Gasteiger partial charge in [-0.25, -0.2) is 0 Å². The molecule has 2 nitrogen and oxygen atoms in total. The molecule has 1 heterocycles. The number of unbranched alkanes of at least 4 members (excludes halogenated alkanes) is 2. The molecular formula is C17H23NO. The molecular weight excluding hydrogens is 234 g/mol. The van der Waals surface area contributed by atoms with Crippen molar-refractivity contribution in [3.8, 4) is 0 Å². The first kappa shape index (κ1) is 15.4. The molecule has 102 valence electrons. The molecule has 0 saturated carbocycles. The van der Waals surface area contributed by atoms with Crippen molar-refractivity contribution in [2.75, 3.05) is 0 Å². The minimum absolute atomic E-state index is 0.248. The molecule has 0 bridgehead atoms. The van der Waals surface area contributed by atoms with E-state index in [4.69, 9.17) is 5.11 Å². The van der Waals surface area contributed by atoms with Gasteiger partial charge in [0.25, 0.3) is 0 Å². The first-order chi connectivity index (χ1) is 9.29. The van der Waals surface area contributed by atoms with Gasteiger partial charge in [-0.05, 0) is 44.2 Å². The Labute approximate surface area is 116 Å². The van der Waals surface area contributed by atoms with Gasteiger partial charge in [-0.1, -0.05) is 42.5 Å². The molecule has 0 aliphatic carbocycles. The molecule has 0 aliphatic heterocycles. The van der Waals surface area contributed by atoms with Gasteiger partial charge in [0.2, 0.25) is 0 Å². The molecule has 1 N–H and O–H groups in total. The maximum Gasteiger partial charge on any atom is 0.0546 e. The highest BCUT2D eigenvalue weighted by molar-refractivity contribution is 5.47. The molecule has 19 heavy (non-hydrogen) atoms. The Morgan fingerprint density at radius 1 is 1.21 bits per heavy atom. The average Bonchev–Trinajstić information content (AvgIpc) is 2.42. The van der Waals surface area contributed by atoms with Gasteiger partial charge in [0.1, 0.15) is 0 Å². The number of rotatable bonds is 8. The van der Waals surface area contributed by atoms with Gasteiger partial charge in [0.05, 0.1) is 6.10 Å². The van der Waals surface area contributed by atoms with Crippen molar-refractivity contribution in [3.63, 3.8) is 0 Å². The fourth-order valence-electron chi connectivity index (χ4n) is 1.58. The van der Waals surface area contributed by atoms with Crippen LogP contribution in [0.5, 0.6) is 0 Å². The lowest BCUT2D eigenvalue weighted by molar-refractivity contribution is 0.198. The summed E-state index contributed by atoms with van der Waals surface area (Å²) >= 11 is 0. The lowest BCUT2D eigenvalue weighted by Gasteiger charge is -1.94. The molecule has 0 amide bonds. The first-order valence-electron chi connectivity index (χ1n) is 6.85. The molecule has 1 aromatic heterocycles. The van der Waals surface area contributed by atoms with E-state index in [1.807, 2.05) is 30.5 Å². The molecule has 1 atom stereocenters. The van der Waals surface area contributed by atoms with Crippen molar-refractivity contribution in [1.29, 1.82) is 0 Å².